The minimum atomic E-state index is -0.0510. The fourth-order valence-corrected chi connectivity index (χ4v) is 2.40. The lowest BCUT2D eigenvalue weighted by molar-refractivity contribution is -0.117. The van der Waals surface area contributed by atoms with E-state index in [0.717, 1.165) is 39.3 Å². The van der Waals surface area contributed by atoms with Crippen molar-refractivity contribution in [3.05, 3.63) is 11.8 Å². The largest absolute Gasteiger partial charge is 0.377 e. The van der Waals surface area contributed by atoms with Crippen molar-refractivity contribution >= 4 is 11.7 Å². The second-order valence-electron chi connectivity index (χ2n) is 5.91. The highest BCUT2D eigenvalue weighted by Gasteiger charge is 2.19. The molecule has 1 saturated heterocycles. The van der Waals surface area contributed by atoms with Crippen LogP contribution in [0.3, 0.4) is 0 Å². The summed E-state index contributed by atoms with van der Waals surface area (Å²) in [5, 5.41) is 6.51. The third kappa shape index (κ3) is 5.75. The SMILES string of the molecule is Cc1cc(NC(=O)CN2CCN(CCOC(C)C)CC2)no1. The number of amides is 1. The minimum absolute atomic E-state index is 0.0510. The number of aromatic nitrogens is 1. The van der Waals surface area contributed by atoms with E-state index in [0.29, 0.717) is 18.1 Å². The van der Waals surface area contributed by atoms with Crippen molar-refractivity contribution < 1.29 is 14.1 Å². The first-order valence-corrected chi connectivity index (χ1v) is 7.82. The lowest BCUT2D eigenvalue weighted by Gasteiger charge is -2.34. The van der Waals surface area contributed by atoms with E-state index in [1.807, 2.05) is 13.8 Å². The highest BCUT2D eigenvalue weighted by Crippen LogP contribution is 2.07. The van der Waals surface area contributed by atoms with E-state index >= 15 is 0 Å². The predicted molar refractivity (Wildman–Crippen MR) is 83.8 cm³/mol. The maximum absolute atomic E-state index is 12.0. The fraction of sp³-hybridized carbons (Fsp3) is 0.733. The van der Waals surface area contributed by atoms with Crippen LogP contribution in [0, 0.1) is 6.92 Å². The van der Waals surface area contributed by atoms with Gasteiger partial charge in [0.1, 0.15) is 5.76 Å². The Balaban J connectivity index is 1.63. The first kappa shape index (κ1) is 16.9. The van der Waals surface area contributed by atoms with Crippen LogP contribution < -0.4 is 5.32 Å². The molecule has 1 N–H and O–H groups in total. The second kappa shape index (κ2) is 8.26. The zero-order chi connectivity index (χ0) is 15.9. The maximum Gasteiger partial charge on any atom is 0.239 e. The van der Waals surface area contributed by atoms with Crippen molar-refractivity contribution in [3.8, 4) is 0 Å². The van der Waals surface area contributed by atoms with Gasteiger partial charge in [-0.2, -0.15) is 0 Å². The van der Waals surface area contributed by atoms with Gasteiger partial charge in [0.25, 0.3) is 0 Å². The van der Waals surface area contributed by atoms with Gasteiger partial charge in [-0.3, -0.25) is 14.6 Å². The molecule has 0 saturated carbocycles. The molecule has 0 bridgehead atoms. The number of carbonyl (C=O) groups excluding carboxylic acids is 1. The van der Waals surface area contributed by atoms with Crippen LogP contribution in [0.15, 0.2) is 10.6 Å². The maximum atomic E-state index is 12.0. The quantitative estimate of drug-likeness (QED) is 0.809. The highest BCUT2D eigenvalue weighted by atomic mass is 16.5. The van der Waals surface area contributed by atoms with E-state index in [9.17, 15) is 4.79 Å². The van der Waals surface area contributed by atoms with Gasteiger partial charge < -0.3 is 14.6 Å². The van der Waals surface area contributed by atoms with Crippen LogP contribution in [0.5, 0.6) is 0 Å². The summed E-state index contributed by atoms with van der Waals surface area (Å²) in [6.45, 7) is 11.7. The molecule has 0 radical (unpaired) electrons. The molecule has 1 aliphatic heterocycles. The smallest absolute Gasteiger partial charge is 0.239 e. The summed E-state index contributed by atoms with van der Waals surface area (Å²) in [6.07, 6.45) is 0.283. The lowest BCUT2D eigenvalue weighted by Crippen LogP contribution is -2.49. The molecule has 7 heteroatoms. The zero-order valence-electron chi connectivity index (χ0n) is 13.7. The van der Waals surface area contributed by atoms with E-state index in [1.165, 1.54) is 0 Å². The molecule has 0 aromatic carbocycles. The van der Waals surface area contributed by atoms with E-state index in [1.54, 1.807) is 13.0 Å². The Morgan fingerprint density at radius 1 is 1.36 bits per heavy atom. The Bertz CT molecular complexity index is 467. The molecule has 0 aliphatic carbocycles. The van der Waals surface area contributed by atoms with Crippen LogP contribution in [-0.2, 0) is 9.53 Å². The Morgan fingerprint density at radius 3 is 2.64 bits per heavy atom. The summed E-state index contributed by atoms with van der Waals surface area (Å²) >= 11 is 0. The molecule has 1 aliphatic rings. The summed E-state index contributed by atoms with van der Waals surface area (Å²) in [4.78, 5) is 16.5. The highest BCUT2D eigenvalue weighted by molar-refractivity contribution is 5.91. The number of piperazine rings is 1. The number of hydrogen-bond acceptors (Lipinski definition) is 6. The third-order valence-electron chi connectivity index (χ3n) is 3.59. The topological polar surface area (TPSA) is 70.8 Å². The van der Waals surface area contributed by atoms with Crippen molar-refractivity contribution in [1.82, 2.24) is 15.0 Å². The summed E-state index contributed by atoms with van der Waals surface area (Å²) in [6, 6.07) is 1.71. The van der Waals surface area contributed by atoms with Gasteiger partial charge in [-0.1, -0.05) is 5.16 Å². The molecular formula is C15H26N4O3. The van der Waals surface area contributed by atoms with Crippen molar-refractivity contribution in [2.24, 2.45) is 0 Å². The third-order valence-corrected chi connectivity index (χ3v) is 3.59. The first-order chi connectivity index (χ1) is 10.5. The van der Waals surface area contributed by atoms with Gasteiger partial charge in [-0.15, -0.1) is 0 Å². The number of nitrogens with one attached hydrogen (secondary N) is 1. The molecular weight excluding hydrogens is 284 g/mol. The van der Waals surface area contributed by atoms with E-state index < -0.39 is 0 Å². The number of aryl methyl sites for hydroxylation is 1. The van der Waals surface area contributed by atoms with Crippen LogP contribution in [0.4, 0.5) is 5.82 Å². The van der Waals surface area contributed by atoms with Gasteiger partial charge in [-0.05, 0) is 20.8 Å². The molecule has 124 valence electrons. The standard InChI is InChI=1S/C15H26N4O3/c1-12(2)21-9-8-18-4-6-19(7-5-18)11-15(20)16-14-10-13(3)22-17-14/h10,12H,4-9,11H2,1-3H3,(H,16,17,20). The molecule has 2 rings (SSSR count). The van der Waals surface area contributed by atoms with Gasteiger partial charge in [0.05, 0.1) is 19.3 Å². The number of carbonyl (C=O) groups is 1. The van der Waals surface area contributed by atoms with E-state index in [-0.39, 0.29) is 12.0 Å². The number of anilines is 1. The van der Waals surface area contributed by atoms with Gasteiger partial charge in [-0.25, -0.2) is 0 Å². The second-order valence-corrected chi connectivity index (χ2v) is 5.91. The molecule has 1 amide bonds. The zero-order valence-corrected chi connectivity index (χ0v) is 13.7. The minimum Gasteiger partial charge on any atom is -0.377 e. The van der Waals surface area contributed by atoms with Crippen LogP contribution in [0.1, 0.15) is 19.6 Å². The normalized spacial score (nSPS) is 17.1. The monoisotopic (exact) mass is 310 g/mol. The van der Waals surface area contributed by atoms with Gasteiger partial charge in [0, 0.05) is 38.8 Å². The van der Waals surface area contributed by atoms with E-state index in [4.69, 9.17) is 9.26 Å². The van der Waals surface area contributed by atoms with Crippen LogP contribution in [0.2, 0.25) is 0 Å². The van der Waals surface area contributed by atoms with Gasteiger partial charge >= 0.3 is 0 Å². The number of nitrogens with zero attached hydrogens (tertiary/aromatic N) is 3. The number of rotatable bonds is 7. The van der Waals surface area contributed by atoms with Crippen LogP contribution in [0.25, 0.3) is 0 Å². The van der Waals surface area contributed by atoms with Gasteiger partial charge in [0.2, 0.25) is 5.91 Å². The number of ether oxygens (including phenoxy) is 1. The molecule has 22 heavy (non-hydrogen) atoms. The molecule has 1 aromatic rings. The van der Waals surface area contributed by atoms with Crippen molar-refractivity contribution in [2.45, 2.75) is 26.9 Å². The predicted octanol–water partition coefficient (Wildman–Crippen LogP) is 0.964. The molecule has 1 aromatic heterocycles. The van der Waals surface area contributed by atoms with Crippen molar-refractivity contribution in [3.63, 3.8) is 0 Å². The Kier molecular flexibility index (Phi) is 6.35. The Labute approximate surface area is 131 Å². The molecule has 7 nitrogen and oxygen atoms in total. The first-order valence-electron chi connectivity index (χ1n) is 7.82. The molecule has 0 unspecified atom stereocenters. The fourth-order valence-electron chi connectivity index (χ4n) is 2.40. The van der Waals surface area contributed by atoms with Crippen molar-refractivity contribution in [1.29, 1.82) is 0 Å². The average molecular weight is 310 g/mol. The Hall–Kier alpha value is -1.44. The average Bonchev–Trinajstić information content (AvgIpc) is 2.85. The Morgan fingerprint density at radius 2 is 2.05 bits per heavy atom. The van der Waals surface area contributed by atoms with Crippen LogP contribution >= 0.6 is 0 Å². The molecule has 2 heterocycles. The molecule has 0 atom stereocenters. The van der Waals surface area contributed by atoms with Crippen molar-refractivity contribution in [2.75, 3.05) is 51.2 Å². The van der Waals surface area contributed by atoms with E-state index in [2.05, 4.69) is 20.3 Å². The molecule has 1 fully saturated rings. The lowest BCUT2D eigenvalue weighted by atomic mass is 10.3. The summed E-state index contributed by atoms with van der Waals surface area (Å²) < 4.78 is 10.5. The number of hydrogen-bond donors (Lipinski definition) is 1. The summed E-state index contributed by atoms with van der Waals surface area (Å²) in [7, 11) is 0. The summed E-state index contributed by atoms with van der Waals surface area (Å²) in [5.74, 6) is 1.12. The summed E-state index contributed by atoms with van der Waals surface area (Å²) in [5.41, 5.74) is 0. The van der Waals surface area contributed by atoms with Gasteiger partial charge in [0.15, 0.2) is 5.82 Å². The van der Waals surface area contributed by atoms with Crippen LogP contribution in [-0.4, -0.2) is 72.8 Å². The molecule has 0 spiro atoms.